The van der Waals surface area contributed by atoms with E-state index in [1.807, 2.05) is 57.2 Å². The second-order valence-electron chi connectivity index (χ2n) is 8.63. The number of carboxylic acids is 1. The van der Waals surface area contributed by atoms with Gasteiger partial charge in [0, 0.05) is 0 Å². The van der Waals surface area contributed by atoms with Crippen LogP contribution in [0.15, 0.2) is 60.7 Å². The molecule has 0 aliphatic rings. The molecule has 0 bridgehead atoms. The van der Waals surface area contributed by atoms with E-state index < -0.39 is 5.97 Å². The molecule has 3 aromatic carbocycles. The molecule has 0 saturated carbocycles. The van der Waals surface area contributed by atoms with Gasteiger partial charge in [0.2, 0.25) is 0 Å². The van der Waals surface area contributed by atoms with Crippen LogP contribution in [0.1, 0.15) is 58.2 Å². The SMILES string of the molecule is Cc1cc(OCc2c(C(C)C)nnn2-c2c(Cl)cccc2Cl)ccc1/C=C/c1cccc(C(=O)O)c1. The second kappa shape index (κ2) is 11.0. The molecule has 0 spiro atoms. The average Bonchev–Trinajstić information content (AvgIpc) is 3.26. The Morgan fingerprint density at radius 3 is 2.44 bits per heavy atom. The number of hydrogen-bond acceptors (Lipinski definition) is 4. The minimum Gasteiger partial charge on any atom is -0.487 e. The number of para-hydroxylation sites is 1. The fourth-order valence-corrected chi connectivity index (χ4v) is 4.36. The number of aromatic nitrogens is 3. The van der Waals surface area contributed by atoms with E-state index in [0.717, 1.165) is 28.1 Å². The average molecular weight is 522 g/mol. The molecule has 4 aromatic rings. The number of aryl methyl sites for hydroxylation is 1. The van der Waals surface area contributed by atoms with Crippen molar-refractivity contribution in [3.63, 3.8) is 0 Å². The highest BCUT2D eigenvalue weighted by molar-refractivity contribution is 6.37. The predicted molar refractivity (Wildman–Crippen MR) is 143 cm³/mol. The molecule has 0 fully saturated rings. The number of rotatable bonds is 8. The van der Waals surface area contributed by atoms with Gasteiger partial charge in [0.15, 0.2) is 0 Å². The van der Waals surface area contributed by atoms with E-state index >= 15 is 0 Å². The van der Waals surface area contributed by atoms with E-state index in [1.165, 1.54) is 0 Å². The lowest BCUT2D eigenvalue weighted by Crippen LogP contribution is -2.09. The molecule has 0 radical (unpaired) electrons. The molecule has 8 heteroatoms. The van der Waals surface area contributed by atoms with Crippen LogP contribution in [0.25, 0.3) is 17.8 Å². The van der Waals surface area contributed by atoms with Crippen molar-refractivity contribution in [2.45, 2.75) is 33.3 Å². The van der Waals surface area contributed by atoms with Gasteiger partial charge >= 0.3 is 5.97 Å². The number of hydrogen-bond donors (Lipinski definition) is 1. The third-order valence-corrected chi connectivity index (χ3v) is 6.31. The lowest BCUT2D eigenvalue weighted by atomic mass is 10.1. The Labute approximate surface area is 219 Å². The first-order valence-corrected chi connectivity index (χ1v) is 12.1. The van der Waals surface area contributed by atoms with Crippen molar-refractivity contribution >= 4 is 41.3 Å². The van der Waals surface area contributed by atoms with Gasteiger partial charge in [-0.15, -0.1) is 5.10 Å². The normalized spacial score (nSPS) is 11.4. The van der Waals surface area contributed by atoms with Gasteiger partial charge in [-0.1, -0.05) is 78.7 Å². The van der Waals surface area contributed by atoms with Crippen molar-refractivity contribution in [2.75, 3.05) is 0 Å². The van der Waals surface area contributed by atoms with E-state index in [0.29, 0.717) is 21.5 Å². The minimum atomic E-state index is -0.947. The zero-order chi connectivity index (χ0) is 25.8. The Hall–Kier alpha value is -3.61. The summed E-state index contributed by atoms with van der Waals surface area (Å²) in [5.74, 6) is -0.116. The summed E-state index contributed by atoms with van der Waals surface area (Å²) in [6, 6.07) is 17.9. The van der Waals surface area contributed by atoms with Crippen LogP contribution in [0.5, 0.6) is 5.75 Å². The highest BCUT2D eigenvalue weighted by atomic mass is 35.5. The molecule has 1 aromatic heterocycles. The number of halogens is 2. The summed E-state index contributed by atoms with van der Waals surface area (Å²) in [5, 5.41) is 18.8. The zero-order valence-electron chi connectivity index (χ0n) is 20.1. The number of aromatic carboxylic acids is 1. The summed E-state index contributed by atoms with van der Waals surface area (Å²) in [7, 11) is 0. The predicted octanol–water partition coefficient (Wildman–Crippen LogP) is 7.45. The monoisotopic (exact) mass is 521 g/mol. The Bertz CT molecular complexity index is 1420. The highest BCUT2D eigenvalue weighted by Gasteiger charge is 2.21. The van der Waals surface area contributed by atoms with Gasteiger partial charge in [0.1, 0.15) is 23.7 Å². The highest BCUT2D eigenvalue weighted by Crippen LogP contribution is 2.31. The molecule has 4 rings (SSSR count). The second-order valence-corrected chi connectivity index (χ2v) is 9.44. The van der Waals surface area contributed by atoms with Crippen molar-refractivity contribution in [1.82, 2.24) is 15.0 Å². The molecule has 1 N–H and O–H groups in total. The number of ether oxygens (including phenoxy) is 1. The standard InChI is InChI=1S/C28H25Cl2N3O3/c1-17(2)26-25(33(32-31-26)27-23(29)8-5-9-24(27)30)16-36-22-13-12-20(18(3)14-22)11-10-19-6-4-7-21(15-19)28(34)35/h4-15,17H,16H2,1-3H3,(H,34,35)/b11-10+. The third-order valence-electron chi connectivity index (χ3n) is 5.70. The van der Waals surface area contributed by atoms with Crippen LogP contribution >= 0.6 is 23.2 Å². The first kappa shape index (κ1) is 25.5. The summed E-state index contributed by atoms with van der Waals surface area (Å²) in [5.41, 5.74) is 5.25. The molecule has 0 unspecified atom stereocenters. The van der Waals surface area contributed by atoms with Crippen molar-refractivity contribution in [3.05, 3.63) is 104 Å². The van der Waals surface area contributed by atoms with Gasteiger partial charge in [0.05, 0.1) is 21.3 Å². The molecular weight excluding hydrogens is 497 g/mol. The molecule has 36 heavy (non-hydrogen) atoms. The van der Waals surface area contributed by atoms with Gasteiger partial charge in [-0.3, -0.25) is 0 Å². The van der Waals surface area contributed by atoms with E-state index in [2.05, 4.69) is 10.3 Å². The summed E-state index contributed by atoms with van der Waals surface area (Å²) < 4.78 is 7.80. The van der Waals surface area contributed by atoms with Crippen LogP contribution in [-0.4, -0.2) is 26.1 Å². The summed E-state index contributed by atoms with van der Waals surface area (Å²) in [4.78, 5) is 11.2. The van der Waals surface area contributed by atoms with E-state index in [1.54, 1.807) is 41.1 Å². The van der Waals surface area contributed by atoms with Crippen molar-refractivity contribution < 1.29 is 14.6 Å². The topological polar surface area (TPSA) is 77.2 Å². The van der Waals surface area contributed by atoms with Crippen LogP contribution in [0.4, 0.5) is 0 Å². The van der Waals surface area contributed by atoms with E-state index in [4.69, 9.17) is 27.9 Å². The maximum Gasteiger partial charge on any atom is 0.335 e. The van der Waals surface area contributed by atoms with Gasteiger partial charge in [-0.2, -0.15) is 0 Å². The largest absolute Gasteiger partial charge is 0.487 e. The van der Waals surface area contributed by atoms with Crippen LogP contribution < -0.4 is 4.74 Å². The molecule has 6 nitrogen and oxygen atoms in total. The van der Waals surface area contributed by atoms with Crippen molar-refractivity contribution in [1.29, 1.82) is 0 Å². The zero-order valence-corrected chi connectivity index (χ0v) is 21.6. The molecule has 0 saturated heterocycles. The van der Waals surface area contributed by atoms with Gasteiger partial charge in [-0.25, -0.2) is 9.48 Å². The van der Waals surface area contributed by atoms with Crippen molar-refractivity contribution in [2.24, 2.45) is 0 Å². The molecule has 1 heterocycles. The van der Waals surface area contributed by atoms with Crippen molar-refractivity contribution in [3.8, 4) is 11.4 Å². The summed E-state index contributed by atoms with van der Waals surface area (Å²) in [6.45, 7) is 6.32. The van der Waals surface area contributed by atoms with E-state index in [-0.39, 0.29) is 18.1 Å². The smallest absolute Gasteiger partial charge is 0.335 e. The fourth-order valence-electron chi connectivity index (χ4n) is 3.81. The molecular formula is C28H25Cl2N3O3. The summed E-state index contributed by atoms with van der Waals surface area (Å²) in [6.07, 6.45) is 3.84. The molecule has 0 aliphatic carbocycles. The number of carbonyl (C=O) groups is 1. The number of benzene rings is 3. The van der Waals surface area contributed by atoms with Gasteiger partial charge in [0.25, 0.3) is 0 Å². The lowest BCUT2D eigenvalue weighted by Gasteiger charge is -2.14. The number of carboxylic acid groups (broad SMARTS) is 1. The lowest BCUT2D eigenvalue weighted by molar-refractivity contribution is 0.0697. The van der Waals surface area contributed by atoms with Crippen LogP contribution in [-0.2, 0) is 6.61 Å². The van der Waals surface area contributed by atoms with Gasteiger partial charge in [-0.05, 0) is 65.9 Å². The molecule has 0 aliphatic heterocycles. The molecule has 0 amide bonds. The fraction of sp³-hybridized carbons (Fsp3) is 0.179. The number of nitrogens with zero attached hydrogens (tertiary/aromatic N) is 3. The van der Waals surface area contributed by atoms with Crippen LogP contribution in [0.2, 0.25) is 10.0 Å². The summed E-state index contributed by atoms with van der Waals surface area (Å²) >= 11 is 12.9. The quantitative estimate of drug-likeness (QED) is 0.243. The first-order chi connectivity index (χ1) is 17.2. The maximum atomic E-state index is 11.2. The van der Waals surface area contributed by atoms with Crippen LogP contribution in [0, 0.1) is 6.92 Å². The maximum absolute atomic E-state index is 11.2. The van der Waals surface area contributed by atoms with Gasteiger partial charge < -0.3 is 9.84 Å². The Kier molecular flexibility index (Phi) is 7.77. The first-order valence-electron chi connectivity index (χ1n) is 11.4. The third kappa shape index (κ3) is 5.61. The molecule has 184 valence electrons. The Morgan fingerprint density at radius 2 is 1.78 bits per heavy atom. The Morgan fingerprint density at radius 1 is 1.06 bits per heavy atom. The van der Waals surface area contributed by atoms with E-state index in [9.17, 15) is 9.90 Å². The Balaban J connectivity index is 1.55. The minimum absolute atomic E-state index is 0.132. The van der Waals surface area contributed by atoms with Crippen LogP contribution in [0.3, 0.4) is 0 Å². The molecule has 0 atom stereocenters.